The third-order valence-corrected chi connectivity index (χ3v) is 3.35. The number of aliphatic hydroxyl groups excluding tert-OH is 1. The number of carbonyl (C=O) groups excluding carboxylic acids is 1. The molecule has 0 fully saturated rings. The smallest absolute Gasteiger partial charge is 0.222 e. The van der Waals surface area contributed by atoms with Crippen LogP contribution in [-0.4, -0.2) is 20.8 Å². The van der Waals surface area contributed by atoms with Crippen molar-refractivity contribution in [2.75, 3.05) is 0 Å². The second-order valence-electron chi connectivity index (χ2n) is 5.15. The zero-order chi connectivity index (χ0) is 15.2. The number of hydrogen-bond donors (Lipinski definition) is 2. The van der Waals surface area contributed by atoms with E-state index in [4.69, 9.17) is 5.11 Å². The van der Waals surface area contributed by atoms with Crippen molar-refractivity contribution in [3.8, 4) is 0 Å². The molecule has 2 aromatic rings. The minimum Gasteiger partial charge on any atom is -0.392 e. The Morgan fingerprint density at radius 3 is 2.48 bits per heavy atom. The number of aromatic nitrogens is 2. The minimum atomic E-state index is 0.00814. The molecule has 0 saturated heterocycles. The summed E-state index contributed by atoms with van der Waals surface area (Å²) in [5, 5.41) is 16.2. The first-order valence-electron chi connectivity index (χ1n) is 7.05. The van der Waals surface area contributed by atoms with Gasteiger partial charge in [-0.1, -0.05) is 24.3 Å². The van der Waals surface area contributed by atoms with Crippen molar-refractivity contribution < 1.29 is 9.90 Å². The first kappa shape index (κ1) is 15.3. The highest BCUT2D eigenvalue weighted by atomic mass is 16.3. The van der Waals surface area contributed by atoms with Gasteiger partial charge < -0.3 is 10.4 Å². The minimum absolute atomic E-state index is 0.00814. The quantitative estimate of drug-likeness (QED) is 0.849. The lowest BCUT2D eigenvalue weighted by molar-refractivity contribution is -0.121. The normalized spacial score (nSPS) is 10.6. The molecule has 0 unspecified atom stereocenters. The molecule has 0 aliphatic heterocycles. The van der Waals surface area contributed by atoms with E-state index in [2.05, 4.69) is 10.4 Å². The predicted molar refractivity (Wildman–Crippen MR) is 80.5 cm³/mol. The van der Waals surface area contributed by atoms with E-state index < -0.39 is 0 Å². The van der Waals surface area contributed by atoms with Crippen LogP contribution in [0.5, 0.6) is 0 Å². The Hall–Kier alpha value is -2.14. The Kier molecular flexibility index (Phi) is 5.11. The fourth-order valence-corrected chi connectivity index (χ4v) is 2.16. The van der Waals surface area contributed by atoms with E-state index in [1.165, 1.54) is 0 Å². The molecule has 5 heteroatoms. The van der Waals surface area contributed by atoms with Gasteiger partial charge >= 0.3 is 0 Å². The summed E-state index contributed by atoms with van der Waals surface area (Å²) in [4.78, 5) is 11.8. The Morgan fingerprint density at radius 1 is 1.24 bits per heavy atom. The summed E-state index contributed by atoms with van der Waals surface area (Å²) < 4.78 is 1.85. The molecule has 21 heavy (non-hydrogen) atoms. The largest absolute Gasteiger partial charge is 0.392 e. The van der Waals surface area contributed by atoms with Crippen LogP contribution >= 0.6 is 0 Å². The number of nitrogens with zero attached hydrogens (tertiary/aromatic N) is 2. The average Bonchev–Trinajstić information content (AvgIpc) is 2.81. The van der Waals surface area contributed by atoms with Crippen LogP contribution in [0.1, 0.15) is 28.9 Å². The van der Waals surface area contributed by atoms with Crippen molar-refractivity contribution in [2.45, 2.75) is 40.0 Å². The topological polar surface area (TPSA) is 67.2 Å². The average molecular weight is 287 g/mol. The molecule has 0 radical (unpaired) electrons. The molecular weight excluding hydrogens is 266 g/mol. The zero-order valence-electron chi connectivity index (χ0n) is 12.5. The summed E-state index contributed by atoms with van der Waals surface area (Å²) in [6.07, 6.45) is 0.413. The lowest BCUT2D eigenvalue weighted by Gasteiger charge is -2.07. The Morgan fingerprint density at radius 2 is 1.90 bits per heavy atom. The number of carbonyl (C=O) groups is 1. The third-order valence-electron chi connectivity index (χ3n) is 3.35. The van der Waals surface area contributed by atoms with E-state index in [9.17, 15) is 4.79 Å². The van der Waals surface area contributed by atoms with Gasteiger partial charge in [0.15, 0.2) is 0 Å². The maximum absolute atomic E-state index is 11.8. The molecule has 1 amide bonds. The van der Waals surface area contributed by atoms with Gasteiger partial charge in [0.2, 0.25) is 5.91 Å². The maximum Gasteiger partial charge on any atom is 0.222 e. The van der Waals surface area contributed by atoms with Gasteiger partial charge in [0.05, 0.1) is 12.3 Å². The van der Waals surface area contributed by atoms with Crippen LogP contribution in [-0.2, 0) is 24.5 Å². The van der Waals surface area contributed by atoms with Gasteiger partial charge in [-0.2, -0.15) is 5.10 Å². The van der Waals surface area contributed by atoms with E-state index in [-0.39, 0.29) is 12.5 Å². The summed E-state index contributed by atoms with van der Waals surface area (Å²) in [5.74, 6) is 0.00814. The standard InChI is InChI=1S/C16H21N3O2/c1-12-9-13(2)19(18-12)8-7-16(21)17-10-14-3-5-15(11-20)6-4-14/h3-6,9,20H,7-8,10-11H2,1-2H3,(H,17,21). The second kappa shape index (κ2) is 7.04. The summed E-state index contributed by atoms with van der Waals surface area (Å²) in [6.45, 7) is 5.06. The lowest BCUT2D eigenvalue weighted by atomic mass is 10.1. The Bertz CT molecular complexity index is 602. The molecule has 1 heterocycles. The van der Waals surface area contributed by atoms with Gasteiger partial charge in [-0.05, 0) is 31.0 Å². The molecule has 2 N–H and O–H groups in total. The highest BCUT2D eigenvalue weighted by molar-refractivity contribution is 5.75. The molecule has 1 aromatic carbocycles. The lowest BCUT2D eigenvalue weighted by Crippen LogP contribution is -2.24. The van der Waals surface area contributed by atoms with E-state index in [1.54, 1.807) is 0 Å². The van der Waals surface area contributed by atoms with Gasteiger partial charge in [0.25, 0.3) is 0 Å². The Labute approximate surface area is 124 Å². The van der Waals surface area contributed by atoms with Crippen LogP contribution in [0, 0.1) is 13.8 Å². The number of aryl methyl sites for hydroxylation is 3. The van der Waals surface area contributed by atoms with Crippen molar-refractivity contribution in [1.82, 2.24) is 15.1 Å². The van der Waals surface area contributed by atoms with Crippen molar-refractivity contribution in [2.24, 2.45) is 0 Å². The van der Waals surface area contributed by atoms with E-state index in [1.807, 2.05) is 48.9 Å². The molecule has 0 atom stereocenters. The molecule has 0 aliphatic carbocycles. The van der Waals surface area contributed by atoms with Gasteiger partial charge in [-0.3, -0.25) is 9.48 Å². The second-order valence-corrected chi connectivity index (χ2v) is 5.15. The van der Waals surface area contributed by atoms with Crippen LogP contribution in [0.3, 0.4) is 0 Å². The summed E-state index contributed by atoms with van der Waals surface area (Å²) in [6, 6.07) is 9.54. The molecule has 0 saturated carbocycles. The number of amides is 1. The highest BCUT2D eigenvalue weighted by Gasteiger charge is 2.05. The number of hydrogen-bond acceptors (Lipinski definition) is 3. The predicted octanol–water partition coefficient (Wildman–Crippen LogP) is 1.70. The van der Waals surface area contributed by atoms with Crippen LogP contribution in [0.4, 0.5) is 0 Å². The fraction of sp³-hybridized carbons (Fsp3) is 0.375. The van der Waals surface area contributed by atoms with Crippen LogP contribution < -0.4 is 5.32 Å². The first-order chi connectivity index (χ1) is 10.1. The zero-order valence-corrected chi connectivity index (χ0v) is 12.5. The summed E-state index contributed by atoms with van der Waals surface area (Å²) >= 11 is 0. The van der Waals surface area contributed by atoms with Gasteiger partial charge in [0, 0.05) is 25.2 Å². The molecule has 1 aromatic heterocycles. The van der Waals surface area contributed by atoms with Gasteiger partial charge in [-0.25, -0.2) is 0 Å². The Balaban J connectivity index is 1.78. The monoisotopic (exact) mass is 287 g/mol. The van der Waals surface area contributed by atoms with E-state index in [0.29, 0.717) is 19.5 Å². The van der Waals surface area contributed by atoms with Crippen molar-refractivity contribution >= 4 is 5.91 Å². The van der Waals surface area contributed by atoms with Gasteiger partial charge in [-0.15, -0.1) is 0 Å². The fourth-order valence-electron chi connectivity index (χ4n) is 2.16. The number of nitrogens with one attached hydrogen (secondary N) is 1. The SMILES string of the molecule is Cc1cc(C)n(CCC(=O)NCc2ccc(CO)cc2)n1. The van der Waals surface area contributed by atoms with Crippen molar-refractivity contribution in [3.63, 3.8) is 0 Å². The van der Waals surface area contributed by atoms with Crippen molar-refractivity contribution in [3.05, 3.63) is 52.8 Å². The van der Waals surface area contributed by atoms with E-state index >= 15 is 0 Å². The molecule has 5 nitrogen and oxygen atoms in total. The van der Waals surface area contributed by atoms with Crippen LogP contribution in [0.25, 0.3) is 0 Å². The first-order valence-corrected chi connectivity index (χ1v) is 7.05. The summed E-state index contributed by atoms with van der Waals surface area (Å²) in [5.41, 5.74) is 3.93. The maximum atomic E-state index is 11.8. The number of benzene rings is 1. The van der Waals surface area contributed by atoms with E-state index in [0.717, 1.165) is 22.5 Å². The summed E-state index contributed by atoms with van der Waals surface area (Å²) in [7, 11) is 0. The third kappa shape index (κ3) is 4.43. The molecular formula is C16H21N3O2. The molecule has 0 aliphatic rings. The van der Waals surface area contributed by atoms with Crippen LogP contribution in [0.15, 0.2) is 30.3 Å². The molecule has 112 valence electrons. The molecule has 2 rings (SSSR count). The number of rotatable bonds is 6. The van der Waals surface area contributed by atoms with Crippen molar-refractivity contribution in [1.29, 1.82) is 0 Å². The van der Waals surface area contributed by atoms with Gasteiger partial charge in [0.1, 0.15) is 0 Å². The molecule has 0 bridgehead atoms. The number of aliphatic hydroxyl groups is 1. The highest BCUT2D eigenvalue weighted by Crippen LogP contribution is 2.05. The molecule has 0 spiro atoms. The van der Waals surface area contributed by atoms with Crippen LogP contribution in [0.2, 0.25) is 0 Å².